The third-order valence-corrected chi connectivity index (χ3v) is 1.68. The second kappa shape index (κ2) is 5.93. The monoisotopic (exact) mass is 190 g/mol. The Hall–Kier alpha value is -1.62. The molecule has 0 atom stereocenters. The molecule has 0 bridgehead atoms. The summed E-state index contributed by atoms with van der Waals surface area (Å²) in [6.07, 6.45) is 1.03. The zero-order valence-corrected chi connectivity index (χ0v) is 7.79. The van der Waals surface area contributed by atoms with Gasteiger partial charge in [-0.3, -0.25) is 4.79 Å². The molecule has 1 rings (SSSR count). The quantitative estimate of drug-likeness (QED) is 0.407. The molecule has 0 aromatic heterocycles. The standard InChI is InChI=1S/C12H11FO/c13-12(14)10-6-2-5-9-11-7-3-1-4-8-11/h1,3-4,7-8H,2,6,10H2. The lowest BCUT2D eigenvalue weighted by Gasteiger charge is -1.87. The minimum atomic E-state index is -1.26. The minimum absolute atomic E-state index is 0.0243. The fourth-order valence-corrected chi connectivity index (χ4v) is 1.00. The lowest BCUT2D eigenvalue weighted by atomic mass is 10.2. The summed E-state index contributed by atoms with van der Waals surface area (Å²) < 4.78 is 11.8. The molecule has 0 heterocycles. The lowest BCUT2D eigenvalue weighted by Crippen LogP contribution is -1.85. The molecule has 0 aliphatic heterocycles. The van der Waals surface area contributed by atoms with Gasteiger partial charge in [0.05, 0.1) is 0 Å². The van der Waals surface area contributed by atoms with Crippen LogP contribution in [0.2, 0.25) is 0 Å². The Morgan fingerprint density at radius 2 is 2.00 bits per heavy atom. The molecule has 2 heteroatoms. The Kier molecular flexibility index (Phi) is 4.43. The summed E-state index contributed by atoms with van der Waals surface area (Å²) in [4.78, 5) is 9.96. The zero-order valence-electron chi connectivity index (χ0n) is 7.79. The number of hydrogen-bond donors (Lipinski definition) is 0. The van der Waals surface area contributed by atoms with Crippen LogP contribution in [0, 0.1) is 11.8 Å². The lowest BCUT2D eigenvalue weighted by molar-refractivity contribution is -0.129. The van der Waals surface area contributed by atoms with Crippen LogP contribution in [0.1, 0.15) is 24.8 Å². The van der Waals surface area contributed by atoms with Crippen molar-refractivity contribution in [2.24, 2.45) is 0 Å². The summed E-state index contributed by atoms with van der Waals surface area (Å²) >= 11 is 0. The molecule has 0 aliphatic carbocycles. The van der Waals surface area contributed by atoms with E-state index in [0.717, 1.165) is 5.56 Å². The van der Waals surface area contributed by atoms with Crippen molar-refractivity contribution in [3.63, 3.8) is 0 Å². The predicted octanol–water partition coefficient (Wildman–Crippen LogP) is 2.70. The second-order valence-electron chi connectivity index (χ2n) is 2.88. The molecule has 0 spiro atoms. The molecule has 1 aromatic rings. The van der Waals surface area contributed by atoms with E-state index in [9.17, 15) is 9.18 Å². The van der Waals surface area contributed by atoms with E-state index < -0.39 is 6.04 Å². The molecule has 0 fully saturated rings. The van der Waals surface area contributed by atoms with E-state index in [2.05, 4.69) is 11.8 Å². The number of carbonyl (C=O) groups is 1. The fraction of sp³-hybridized carbons (Fsp3) is 0.250. The SMILES string of the molecule is O=C(F)CCCC#Cc1ccccc1. The van der Waals surface area contributed by atoms with Gasteiger partial charge in [-0.2, -0.15) is 4.39 Å². The van der Waals surface area contributed by atoms with E-state index in [0.29, 0.717) is 12.8 Å². The Morgan fingerprint density at radius 3 is 2.64 bits per heavy atom. The molecular formula is C12H11FO. The van der Waals surface area contributed by atoms with E-state index in [-0.39, 0.29) is 6.42 Å². The maximum absolute atomic E-state index is 11.8. The van der Waals surface area contributed by atoms with Crippen LogP contribution in [0.5, 0.6) is 0 Å². The third kappa shape index (κ3) is 4.42. The van der Waals surface area contributed by atoms with Gasteiger partial charge < -0.3 is 0 Å². The van der Waals surface area contributed by atoms with Crippen LogP contribution in [-0.2, 0) is 4.79 Å². The highest BCUT2D eigenvalue weighted by Gasteiger charge is 1.94. The molecule has 0 saturated heterocycles. The number of rotatable bonds is 3. The average Bonchev–Trinajstić information content (AvgIpc) is 2.18. The molecule has 0 unspecified atom stereocenters. The van der Waals surface area contributed by atoms with Crippen molar-refractivity contribution >= 4 is 6.04 Å². The van der Waals surface area contributed by atoms with Gasteiger partial charge in [-0.1, -0.05) is 30.0 Å². The molecule has 0 N–H and O–H groups in total. The molecule has 0 saturated carbocycles. The van der Waals surface area contributed by atoms with Crippen molar-refractivity contribution in [3.8, 4) is 11.8 Å². The van der Waals surface area contributed by atoms with Gasteiger partial charge in [0.15, 0.2) is 0 Å². The van der Waals surface area contributed by atoms with E-state index in [1.54, 1.807) is 0 Å². The Balaban J connectivity index is 2.31. The Labute approximate surface area is 82.9 Å². The van der Waals surface area contributed by atoms with E-state index >= 15 is 0 Å². The largest absolute Gasteiger partial charge is 0.301 e. The van der Waals surface area contributed by atoms with Gasteiger partial charge in [-0.15, -0.1) is 0 Å². The molecule has 0 amide bonds. The van der Waals surface area contributed by atoms with Crippen molar-refractivity contribution in [1.29, 1.82) is 0 Å². The molecule has 1 aromatic carbocycles. The number of unbranched alkanes of at least 4 members (excludes halogenated alkanes) is 1. The van der Waals surface area contributed by atoms with Crippen molar-refractivity contribution in [2.75, 3.05) is 0 Å². The van der Waals surface area contributed by atoms with Crippen LogP contribution < -0.4 is 0 Å². The summed E-state index contributed by atoms with van der Waals surface area (Å²) in [5, 5.41) is 0. The second-order valence-corrected chi connectivity index (χ2v) is 2.88. The van der Waals surface area contributed by atoms with Gasteiger partial charge in [-0.25, -0.2) is 0 Å². The molecule has 72 valence electrons. The number of halogens is 1. The topological polar surface area (TPSA) is 17.1 Å². The van der Waals surface area contributed by atoms with Crippen LogP contribution in [0.15, 0.2) is 30.3 Å². The summed E-state index contributed by atoms with van der Waals surface area (Å²) in [5.74, 6) is 5.82. The first-order valence-electron chi connectivity index (χ1n) is 4.51. The highest BCUT2D eigenvalue weighted by molar-refractivity contribution is 5.67. The summed E-state index contributed by atoms with van der Waals surface area (Å²) in [6, 6.07) is 8.31. The maximum Gasteiger partial charge on any atom is 0.301 e. The van der Waals surface area contributed by atoms with Gasteiger partial charge >= 0.3 is 6.04 Å². The van der Waals surface area contributed by atoms with Crippen LogP contribution in [0.3, 0.4) is 0 Å². The van der Waals surface area contributed by atoms with E-state index in [1.807, 2.05) is 30.3 Å². The Bertz CT molecular complexity index is 346. The van der Waals surface area contributed by atoms with Gasteiger partial charge in [0.25, 0.3) is 0 Å². The van der Waals surface area contributed by atoms with Gasteiger partial charge in [-0.05, 0) is 18.6 Å². The van der Waals surface area contributed by atoms with Crippen LogP contribution >= 0.6 is 0 Å². The van der Waals surface area contributed by atoms with Gasteiger partial charge in [0, 0.05) is 18.4 Å². The molecular weight excluding hydrogens is 179 g/mol. The zero-order chi connectivity index (χ0) is 10.2. The van der Waals surface area contributed by atoms with Crippen molar-refractivity contribution in [1.82, 2.24) is 0 Å². The predicted molar refractivity (Wildman–Crippen MR) is 53.3 cm³/mol. The number of carbonyl (C=O) groups excluding carboxylic acids is 1. The highest BCUT2D eigenvalue weighted by atomic mass is 19.1. The first kappa shape index (κ1) is 10.5. The number of benzene rings is 1. The van der Waals surface area contributed by atoms with Gasteiger partial charge in [0.1, 0.15) is 0 Å². The first-order valence-corrected chi connectivity index (χ1v) is 4.51. The van der Waals surface area contributed by atoms with Gasteiger partial charge in [0.2, 0.25) is 0 Å². The van der Waals surface area contributed by atoms with Crippen LogP contribution in [-0.4, -0.2) is 6.04 Å². The third-order valence-electron chi connectivity index (χ3n) is 1.68. The fourth-order valence-electron chi connectivity index (χ4n) is 1.00. The van der Waals surface area contributed by atoms with Crippen LogP contribution in [0.4, 0.5) is 4.39 Å². The normalized spacial score (nSPS) is 8.93. The van der Waals surface area contributed by atoms with E-state index in [1.165, 1.54) is 0 Å². The van der Waals surface area contributed by atoms with E-state index in [4.69, 9.17) is 0 Å². The first-order chi connectivity index (χ1) is 6.79. The summed E-state index contributed by atoms with van der Waals surface area (Å²) in [6.45, 7) is 0. The summed E-state index contributed by atoms with van der Waals surface area (Å²) in [7, 11) is 0. The Morgan fingerprint density at radius 1 is 1.29 bits per heavy atom. The smallest absolute Gasteiger partial charge is 0.261 e. The van der Waals surface area contributed by atoms with Crippen molar-refractivity contribution in [3.05, 3.63) is 35.9 Å². The molecule has 14 heavy (non-hydrogen) atoms. The molecule has 0 aliphatic rings. The van der Waals surface area contributed by atoms with Crippen molar-refractivity contribution < 1.29 is 9.18 Å². The summed E-state index contributed by atoms with van der Waals surface area (Å²) in [5.41, 5.74) is 0.944. The highest BCUT2D eigenvalue weighted by Crippen LogP contribution is 1.98. The minimum Gasteiger partial charge on any atom is -0.261 e. The molecule has 1 nitrogen and oxygen atoms in total. The number of hydrogen-bond acceptors (Lipinski definition) is 1. The maximum atomic E-state index is 11.8. The molecule has 0 radical (unpaired) electrons. The van der Waals surface area contributed by atoms with Crippen molar-refractivity contribution in [2.45, 2.75) is 19.3 Å². The van der Waals surface area contributed by atoms with Crippen LogP contribution in [0.25, 0.3) is 0 Å². The average molecular weight is 190 g/mol.